The Balaban J connectivity index is 1.94. The van der Waals surface area contributed by atoms with E-state index in [1.165, 1.54) is 5.56 Å². The maximum atomic E-state index is 9.19. The third-order valence-corrected chi connectivity index (χ3v) is 4.02. The highest BCUT2D eigenvalue weighted by atomic mass is 16.5. The fourth-order valence-electron chi connectivity index (χ4n) is 2.61. The monoisotopic (exact) mass is 273 g/mol. The smallest absolute Gasteiger partial charge is 0.123 e. The Bertz CT molecular complexity index is 485. The van der Waals surface area contributed by atoms with E-state index in [-0.39, 0.29) is 5.54 Å². The summed E-state index contributed by atoms with van der Waals surface area (Å²) in [5.41, 5.74) is 0.860. The van der Waals surface area contributed by atoms with Crippen LogP contribution in [0.1, 0.15) is 19.4 Å². The van der Waals surface area contributed by atoms with E-state index < -0.39 is 0 Å². The molecule has 1 aromatic carbocycles. The minimum absolute atomic E-state index is 0.365. The minimum atomic E-state index is -0.365. The zero-order chi connectivity index (χ0) is 14.6. The first-order valence-electron chi connectivity index (χ1n) is 7.07. The number of nitriles is 1. The summed E-state index contributed by atoms with van der Waals surface area (Å²) in [4.78, 5) is 4.67. The molecule has 0 atom stereocenters. The van der Waals surface area contributed by atoms with E-state index in [0.29, 0.717) is 0 Å². The molecule has 0 amide bonds. The average Bonchev–Trinajstić information content (AvgIpc) is 2.48. The lowest BCUT2D eigenvalue weighted by Gasteiger charge is -2.40. The van der Waals surface area contributed by atoms with E-state index in [0.717, 1.165) is 38.5 Å². The van der Waals surface area contributed by atoms with Crippen LogP contribution in [0.15, 0.2) is 24.3 Å². The number of nitrogens with zero attached hydrogens (tertiary/aromatic N) is 3. The Kier molecular flexibility index (Phi) is 4.64. The highest BCUT2D eigenvalue weighted by Gasteiger charge is 2.29. The van der Waals surface area contributed by atoms with Crippen molar-refractivity contribution in [3.05, 3.63) is 29.8 Å². The Morgan fingerprint density at radius 3 is 2.45 bits per heavy atom. The summed E-state index contributed by atoms with van der Waals surface area (Å²) in [6.07, 6.45) is 0. The van der Waals surface area contributed by atoms with Gasteiger partial charge in [0.15, 0.2) is 0 Å². The van der Waals surface area contributed by atoms with Gasteiger partial charge in [0, 0.05) is 38.3 Å². The van der Waals surface area contributed by atoms with Crippen molar-refractivity contribution in [3.8, 4) is 11.8 Å². The number of ether oxygens (including phenoxy) is 1. The van der Waals surface area contributed by atoms with E-state index in [2.05, 4.69) is 21.9 Å². The number of para-hydroxylation sites is 1. The van der Waals surface area contributed by atoms with Crippen molar-refractivity contribution in [3.63, 3.8) is 0 Å². The number of hydrogen-bond acceptors (Lipinski definition) is 4. The normalized spacial score (nSPS) is 17.7. The van der Waals surface area contributed by atoms with E-state index in [9.17, 15) is 5.26 Å². The van der Waals surface area contributed by atoms with Crippen LogP contribution < -0.4 is 4.74 Å². The summed E-state index contributed by atoms with van der Waals surface area (Å²) >= 11 is 0. The van der Waals surface area contributed by atoms with Gasteiger partial charge >= 0.3 is 0 Å². The molecule has 1 heterocycles. The maximum Gasteiger partial charge on any atom is 0.123 e. The van der Waals surface area contributed by atoms with Gasteiger partial charge in [-0.25, -0.2) is 0 Å². The van der Waals surface area contributed by atoms with Crippen molar-refractivity contribution in [2.24, 2.45) is 0 Å². The van der Waals surface area contributed by atoms with Crippen molar-refractivity contribution in [2.45, 2.75) is 25.9 Å². The molecule has 1 aromatic rings. The number of piperazine rings is 1. The van der Waals surface area contributed by atoms with Crippen LogP contribution in [-0.2, 0) is 6.54 Å². The lowest BCUT2D eigenvalue weighted by molar-refractivity contribution is 0.0760. The first-order chi connectivity index (χ1) is 9.56. The van der Waals surface area contributed by atoms with Crippen LogP contribution in [0.3, 0.4) is 0 Å². The third-order valence-electron chi connectivity index (χ3n) is 4.02. The fourth-order valence-corrected chi connectivity index (χ4v) is 2.61. The van der Waals surface area contributed by atoms with Gasteiger partial charge in [-0.2, -0.15) is 5.26 Å². The number of rotatable bonds is 4. The molecule has 0 aliphatic carbocycles. The lowest BCUT2D eigenvalue weighted by atomic mass is 10.0. The summed E-state index contributed by atoms with van der Waals surface area (Å²) in [6, 6.07) is 10.5. The van der Waals surface area contributed by atoms with Crippen molar-refractivity contribution < 1.29 is 4.74 Å². The Morgan fingerprint density at radius 1 is 1.20 bits per heavy atom. The van der Waals surface area contributed by atoms with Crippen molar-refractivity contribution in [1.82, 2.24) is 9.80 Å². The molecule has 108 valence electrons. The molecule has 1 fully saturated rings. The number of methoxy groups -OCH3 is 1. The van der Waals surface area contributed by atoms with Crippen LogP contribution >= 0.6 is 0 Å². The molecule has 0 radical (unpaired) electrons. The first-order valence-corrected chi connectivity index (χ1v) is 7.07. The van der Waals surface area contributed by atoms with Crippen LogP contribution in [0.5, 0.6) is 5.75 Å². The summed E-state index contributed by atoms with van der Waals surface area (Å²) in [5, 5.41) is 9.19. The van der Waals surface area contributed by atoms with E-state index in [4.69, 9.17) is 4.74 Å². The van der Waals surface area contributed by atoms with Crippen LogP contribution in [0.4, 0.5) is 0 Å². The van der Waals surface area contributed by atoms with Crippen LogP contribution in [0.25, 0.3) is 0 Å². The van der Waals surface area contributed by atoms with Crippen molar-refractivity contribution >= 4 is 0 Å². The topological polar surface area (TPSA) is 39.5 Å². The zero-order valence-corrected chi connectivity index (χ0v) is 12.6. The van der Waals surface area contributed by atoms with Gasteiger partial charge in [0.1, 0.15) is 11.3 Å². The van der Waals surface area contributed by atoms with E-state index >= 15 is 0 Å². The molecule has 20 heavy (non-hydrogen) atoms. The van der Waals surface area contributed by atoms with Crippen molar-refractivity contribution in [1.29, 1.82) is 5.26 Å². The molecular weight excluding hydrogens is 250 g/mol. The van der Waals surface area contributed by atoms with Crippen LogP contribution in [0, 0.1) is 11.3 Å². The van der Waals surface area contributed by atoms with Crippen molar-refractivity contribution in [2.75, 3.05) is 33.3 Å². The molecular formula is C16H23N3O. The Labute approximate surface area is 121 Å². The van der Waals surface area contributed by atoms with Gasteiger partial charge in [0.25, 0.3) is 0 Å². The van der Waals surface area contributed by atoms with E-state index in [1.54, 1.807) is 7.11 Å². The average molecular weight is 273 g/mol. The SMILES string of the molecule is COc1ccccc1CN1CCN(C(C)(C)C#N)CC1. The van der Waals surface area contributed by atoms with Gasteiger partial charge in [-0.3, -0.25) is 9.80 Å². The summed E-state index contributed by atoms with van der Waals surface area (Å²) < 4.78 is 5.40. The predicted octanol–water partition coefficient (Wildman–Crippen LogP) is 2.11. The number of hydrogen-bond donors (Lipinski definition) is 0. The van der Waals surface area contributed by atoms with Crippen LogP contribution in [-0.4, -0.2) is 48.6 Å². The highest BCUT2D eigenvalue weighted by Crippen LogP contribution is 2.21. The number of benzene rings is 1. The van der Waals surface area contributed by atoms with Gasteiger partial charge < -0.3 is 4.74 Å². The van der Waals surface area contributed by atoms with Gasteiger partial charge in [0.2, 0.25) is 0 Å². The summed E-state index contributed by atoms with van der Waals surface area (Å²) in [7, 11) is 1.71. The largest absolute Gasteiger partial charge is 0.496 e. The lowest BCUT2D eigenvalue weighted by Crippen LogP contribution is -2.53. The molecule has 0 bridgehead atoms. The quantitative estimate of drug-likeness (QED) is 0.842. The van der Waals surface area contributed by atoms with Crippen LogP contribution in [0.2, 0.25) is 0 Å². The fraction of sp³-hybridized carbons (Fsp3) is 0.562. The first kappa shape index (κ1) is 14.8. The summed E-state index contributed by atoms with van der Waals surface area (Å²) in [5.74, 6) is 0.951. The van der Waals surface area contributed by atoms with Gasteiger partial charge in [-0.1, -0.05) is 18.2 Å². The molecule has 1 aliphatic heterocycles. The molecule has 1 aliphatic rings. The predicted molar refractivity (Wildman–Crippen MR) is 79.5 cm³/mol. The molecule has 1 saturated heterocycles. The molecule has 0 N–H and O–H groups in total. The standard InChI is InChI=1S/C16H23N3O/c1-16(2,13-17)19-10-8-18(9-11-19)12-14-6-4-5-7-15(14)20-3/h4-7H,8-12H2,1-3H3. The minimum Gasteiger partial charge on any atom is -0.496 e. The molecule has 0 saturated carbocycles. The molecule has 0 unspecified atom stereocenters. The Hall–Kier alpha value is -1.57. The zero-order valence-electron chi connectivity index (χ0n) is 12.6. The molecule has 4 heteroatoms. The molecule has 2 rings (SSSR count). The summed E-state index contributed by atoms with van der Waals surface area (Å²) in [6.45, 7) is 8.74. The van der Waals surface area contributed by atoms with Gasteiger partial charge in [0.05, 0.1) is 13.2 Å². The van der Waals surface area contributed by atoms with Gasteiger partial charge in [-0.05, 0) is 19.9 Å². The third kappa shape index (κ3) is 3.30. The maximum absolute atomic E-state index is 9.19. The second kappa shape index (κ2) is 6.25. The molecule has 4 nitrogen and oxygen atoms in total. The second-order valence-corrected chi connectivity index (χ2v) is 5.75. The van der Waals surface area contributed by atoms with E-state index in [1.807, 2.05) is 32.0 Å². The molecule has 0 spiro atoms. The Morgan fingerprint density at radius 2 is 1.85 bits per heavy atom. The highest BCUT2D eigenvalue weighted by molar-refractivity contribution is 5.33. The second-order valence-electron chi connectivity index (χ2n) is 5.75. The van der Waals surface area contributed by atoms with Gasteiger partial charge in [-0.15, -0.1) is 0 Å². The molecule has 0 aromatic heterocycles.